The lowest BCUT2D eigenvalue weighted by Gasteiger charge is -2.27. The lowest BCUT2D eigenvalue weighted by molar-refractivity contribution is 0.0300. The molecule has 37 heavy (non-hydrogen) atoms. The van der Waals surface area contributed by atoms with Crippen LogP contribution < -0.4 is 14.8 Å². The molecule has 0 saturated carbocycles. The second-order valence-corrected chi connectivity index (χ2v) is 11.9. The first-order chi connectivity index (χ1) is 17.6. The van der Waals surface area contributed by atoms with Gasteiger partial charge in [-0.3, -0.25) is 14.9 Å². The molecule has 0 atom stereocenters. The average molecular weight is 542 g/mol. The minimum absolute atomic E-state index is 0.0711. The number of aryl methyl sites for hydroxylation is 1. The van der Waals surface area contributed by atoms with E-state index < -0.39 is 0 Å². The van der Waals surface area contributed by atoms with Crippen molar-refractivity contribution in [3.8, 4) is 11.5 Å². The van der Waals surface area contributed by atoms with Crippen LogP contribution in [0.2, 0.25) is 0 Å². The Morgan fingerprint density at radius 2 is 1.84 bits per heavy atom. The predicted octanol–water partition coefficient (Wildman–Crippen LogP) is 5.51. The van der Waals surface area contributed by atoms with Gasteiger partial charge >= 0.3 is 0 Å². The van der Waals surface area contributed by atoms with Crippen LogP contribution in [0.1, 0.15) is 47.1 Å². The molecule has 0 radical (unpaired) electrons. The van der Waals surface area contributed by atoms with Crippen LogP contribution in [0.4, 0.5) is 5.13 Å². The number of thiazole rings is 1. The van der Waals surface area contributed by atoms with Crippen molar-refractivity contribution in [2.45, 2.75) is 42.4 Å². The standard InChI is InChI=1S/C27H31N3O5S2/c1-17-14-21(33-5)20(25(32)30-10-12-34-13-11-30)15-22(17)36-23-16-28-26(37-23)29-24(31)18-6-8-19(9-7-18)35-27(2,3)4/h6-9,14-16H,10-13H2,1-5H3,(H,28,29,31). The maximum absolute atomic E-state index is 13.2. The van der Waals surface area contributed by atoms with E-state index in [0.717, 1.165) is 14.7 Å². The molecule has 1 aromatic heterocycles. The number of hydrogen-bond acceptors (Lipinski definition) is 8. The maximum atomic E-state index is 13.2. The fourth-order valence-electron chi connectivity index (χ4n) is 3.71. The lowest BCUT2D eigenvalue weighted by Crippen LogP contribution is -2.40. The van der Waals surface area contributed by atoms with Crippen molar-refractivity contribution in [2.75, 3.05) is 38.7 Å². The van der Waals surface area contributed by atoms with E-state index >= 15 is 0 Å². The van der Waals surface area contributed by atoms with E-state index in [1.54, 1.807) is 42.5 Å². The number of rotatable bonds is 7. The van der Waals surface area contributed by atoms with Gasteiger partial charge < -0.3 is 19.1 Å². The van der Waals surface area contributed by atoms with Crippen molar-refractivity contribution in [2.24, 2.45) is 0 Å². The van der Waals surface area contributed by atoms with Crippen LogP contribution in [0.25, 0.3) is 0 Å². The minimum Gasteiger partial charge on any atom is -0.496 e. The van der Waals surface area contributed by atoms with Gasteiger partial charge in [0, 0.05) is 23.5 Å². The summed E-state index contributed by atoms with van der Waals surface area (Å²) in [4.78, 5) is 33.0. The van der Waals surface area contributed by atoms with Crippen LogP contribution in [-0.2, 0) is 4.74 Å². The molecule has 196 valence electrons. The Morgan fingerprint density at radius 3 is 2.49 bits per heavy atom. The first-order valence-electron chi connectivity index (χ1n) is 11.9. The number of nitrogens with zero attached hydrogens (tertiary/aromatic N) is 2. The molecule has 1 aliphatic rings. The number of methoxy groups -OCH3 is 1. The van der Waals surface area contributed by atoms with Crippen molar-refractivity contribution in [3.05, 3.63) is 59.3 Å². The quantitative estimate of drug-likeness (QED) is 0.422. The lowest BCUT2D eigenvalue weighted by atomic mass is 10.1. The second kappa shape index (κ2) is 11.5. The van der Waals surface area contributed by atoms with Gasteiger partial charge in [0.1, 0.15) is 17.1 Å². The summed E-state index contributed by atoms with van der Waals surface area (Å²) in [5, 5.41) is 3.36. The Kier molecular flexibility index (Phi) is 8.41. The van der Waals surface area contributed by atoms with Crippen LogP contribution in [0.5, 0.6) is 11.5 Å². The van der Waals surface area contributed by atoms with Gasteiger partial charge in [0.15, 0.2) is 5.13 Å². The van der Waals surface area contributed by atoms with Crippen molar-refractivity contribution >= 4 is 40.0 Å². The summed E-state index contributed by atoms with van der Waals surface area (Å²) in [6.07, 6.45) is 1.72. The van der Waals surface area contributed by atoms with Crippen molar-refractivity contribution < 1.29 is 23.8 Å². The molecule has 1 saturated heterocycles. The normalized spacial score (nSPS) is 13.8. The number of hydrogen-bond donors (Lipinski definition) is 1. The zero-order chi connectivity index (χ0) is 26.6. The smallest absolute Gasteiger partial charge is 0.257 e. The van der Waals surface area contributed by atoms with Crippen molar-refractivity contribution in [3.63, 3.8) is 0 Å². The summed E-state index contributed by atoms with van der Waals surface area (Å²) < 4.78 is 17.6. The molecule has 1 N–H and O–H groups in total. The third-order valence-electron chi connectivity index (χ3n) is 5.48. The number of aromatic nitrogens is 1. The van der Waals surface area contributed by atoms with E-state index in [-0.39, 0.29) is 17.4 Å². The first-order valence-corrected chi connectivity index (χ1v) is 13.6. The van der Waals surface area contributed by atoms with Gasteiger partial charge in [0.25, 0.3) is 11.8 Å². The van der Waals surface area contributed by atoms with E-state index in [4.69, 9.17) is 14.2 Å². The molecule has 10 heteroatoms. The summed E-state index contributed by atoms with van der Waals surface area (Å²) >= 11 is 2.87. The number of benzene rings is 2. The van der Waals surface area contributed by atoms with Gasteiger partial charge in [-0.25, -0.2) is 4.98 Å². The third kappa shape index (κ3) is 7.03. The molecule has 0 unspecified atom stereocenters. The Bertz CT molecular complexity index is 1260. The van der Waals surface area contributed by atoms with E-state index in [0.29, 0.717) is 54.1 Å². The molecule has 1 aliphatic heterocycles. The van der Waals surface area contributed by atoms with Gasteiger partial charge in [-0.15, -0.1) is 0 Å². The largest absolute Gasteiger partial charge is 0.496 e. The molecule has 0 aliphatic carbocycles. The molecular formula is C27H31N3O5S2. The van der Waals surface area contributed by atoms with Gasteiger partial charge in [0.2, 0.25) is 0 Å². The Labute approximate surface area is 225 Å². The molecule has 2 heterocycles. The van der Waals surface area contributed by atoms with E-state index in [1.165, 1.54) is 23.1 Å². The van der Waals surface area contributed by atoms with Crippen molar-refractivity contribution in [1.82, 2.24) is 9.88 Å². The van der Waals surface area contributed by atoms with E-state index in [9.17, 15) is 9.59 Å². The number of anilines is 1. The average Bonchev–Trinajstić information content (AvgIpc) is 3.31. The molecule has 3 aromatic rings. The minimum atomic E-state index is -0.308. The van der Waals surface area contributed by atoms with Crippen LogP contribution in [0, 0.1) is 6.92 Å². The molecule has 2 amide bonds. The number of morpholine rings is 1. The Balaban J connectivity index is 1.45. The molecule has 4 rings (SSSR count). The van der Waals surface area contributed by atoms with Crippen LogP contribution in [-0.4, -0.2) is 60.7 Å². The molecule has 8 nitrogen and oxygen atoms in total. The topological polar surface area (TPSA) is 90.0 Å². The summed E-state index contributed by atoms with van der Waals surface area (Å²) in [7, 11) is 1.57. The summed E-state index contributed by atoms with van der Waals surface area (Å²) in [6.45, 7) is 10.1. The molecule has 0 spiro atoms. The number of carbonyl (C=O) groups excluding carboxylic acids is 2. The van der Waals surface area contributed by atoms with Gasteiger partial charge in [-0.1, -0.05) is 23.1 Å². The number of amides is 2. The SMILES string of the molecule is COc1cc(C)c(Sc2cnc(NC(=O)c3ccc(OC(C)(C)C)cc3)s2)cc1C(=O)N1CCOCC1. The van der Waals surface area contributed by atoms with Gasteiger partial charge in [-0.05, 0) is 69.7 Å². The Hall–Kier alpha value is -3.08. The molecular weight excluding hydrogens is 510 g/mol. The Morgan fingerprint density at radius 1 is 1.14 bits per heavy atom. The second-order valence-electron chi connectivity index (χ2n) is 9.50. The summed E-state index contributed by atoms with van der Waals surface area (Å²) in [6, 6.07) is 10.8. The van der Waals surface area contributed by atoms with E-state index in [2.05, 4.69) is 10.3 Å². The monoisotopic (exact) mass is 541 g/mol. The fraction of sp³-hybridized carbons (Fsp3) is 0.370. The number of carbonyl (C=O) groups is 2. The van der Waals surface area contributed by atoms with Crippen LogP contribution in [0.15, 0.2) is 51.7 Å². The highest BCUT2D eigenvalue weighted by Crippen LogP contribution is 2.38. The zero-order valence-electron chi connectivity index (χ0n) is 21.6. The predicted molar refractivity (Wildman–Crippen MR) is 145 cm³/mol. The third-order valence-corrected chi connectivity index (χ3v) is 7.66. The fourth-order valence-corrected chi connectivity index (χ4v) is 5.65. The molecule has 0 bridgehead atoms. The highest BCUT2D eigenvalue weighted by Gasteiger charge is 2.23. The first kappa shape index (κ1) is 27.0. The zero-order valence-corrected chi connectivity index (χ0v) is 23.3. The summed E-state index contributed by atoms with van der Waals surface area (Å²) in [5.41, 5.74) is 1.71. The van der Waals surface area contributed by atoms with Gasteiger partial charge in [0.05, 0.1) is 36.3 Å². The van der Waals surface area contributed by atoms with E-state index in [1.807, 2.05) is 39.8 Å². The highest BCUT2D eigenvalue weighted by atomic mass is 32.2. The molecule has 1 fully saturated rings. The summed E-state index contributed by atoms with van der Waals surface area (Å²) in [5.74, 6) is 0.943. The van der Waals surface area contributed by atoms with Crippen molar-refractivity contribution in [1.29, 1.82) is 0 Å². The van der Waals surface area contributed by atoms with Crippen LogP contribution >= 0.6 is 23.1 Å². The molecule has 2 aromatic carbocycles. The van der Waals surface area contributed by atoms with Crippen LogP contribution in [0.3, 0.4) is 0 Å². The maximum Gasteiger partial charge on any atom is 0.257 e. The van der Waals surface area contributed by atoms with Gasteiger partial charge in [-0.2, -0.15) is 0 Å². The number of ether oxygens (including phenoxy) is 3. The highest BCUT2D eigenvalue weighted by molar-refractivity contribution is 8.01. The number of nitrogens with one attached hydrogen (secondary N) is 1.